The predicted octanol–water partition coefficient (Wildman–Crippen LogP) is 2.50. The first-order chi connectivity index (χ1) is 9.92. The number of nitrogens with one attached hydrogen (secondary N) is 1. The number of amides is 1. The molecule has 0 bridgehead atoms. The summed E-state index contributed by atoms with van der Waals surface area (Å²) >= 11 is 2.19. The first-order valence-electron chi connectivity index (χ1n) is 6.87. The van der Waals surface area contributed by atoms with Crippen LogP contribution in [0.2, 0.25) is 0 Å². The van der Waals surface area contributed by atoms with Gasteiger partial charge in [-0.25, -0.2) is 0 Å². The molecule has 0 aliphatic carbocycles. The zero-order valence-electron chi connectivity index (χ0n) is 12.6. The second kappa shape index (κ2) is 8.99. The van der Waals surface area contributed by atoms with Crippen molar-refractivity contribution in [3.05, 3.63) is 27.8 Å². The maximum atomic E-state index is 12.1. The molecular weight excluding hydrogens is 383 g/mol. The lowest BCUT2D eigenvalue weighted by atomic mass is 10.3. The quantitative estimate of drug-likeness (QED) is 0.561. The fourth-order valence-corrected chi connectivity index (χ4v) is 2.29. The Morgan fingerprint density at radius 1 is 1.33 bits per heavy atom. The highest BCUT2D eigenvalue weighted by molar-refractivity contribution is 14.1. The van der Waals surface area contributed by atoms with Gasteiger partial charge in [-0.1, -0.05) is 6.07 Å². The Morgan fingerprint density at radius 3 is 2.62 bits per heavy atom. The van der Waals surface area contributed by atoms with Gasteiger partial charge in [-0.05, 0) is 61.6 Å². The summed E-state index contributed by atoms with van der Waals surface area (Å²) in [6, 6.07) is 7.65. The van der Waals surface area contributed by atoms with E-state index in [9.17, 15) is 9.59 Å². The third-order valence-electron chi connectivity index (χ3n) is 2.82. The number of hydrogen-bond acceptors (Lipinski definition) is 4. The highest BCUT2D eigenvalue weighted by Gasteiger charge is 2.18. The van der Waals surface area contributed by atoms with E-state index < -0.39 is 0 Å². The number of carbonyl (C=O) groups excluding carboxylic acids is 2. The van der Waals surface area contributed by atoms with Crippen LogP contribution in [0.15, 0.2) is 24.3 Å². The van der Waals surface area contributed by atoms with Crippen LogP contribution < -0.4 is 5.32 Å². The Bertz CT molecular complexity index is 492. The molecule has 0 radical (unpaired) electrons. The number of anilines is 1. The molecule has 5 nitrogen and oxygen atoms in total. The summed E-state index contributed by atoms with van der Waals surface area (Å²) in [5.41, 5.74) is 0.756. The average Bonchev–Trinajstić information content (AvgIpc) is 2.38. The van der Waals surface area contributed by atoms with Crippen LogP contribution in [0.1, 0.15) is 20.8 Å². The van der Waals surface area contributed by atoms with E-state index >= 15 is 0 Å². The third-order valence-corrected chi connectivity index (χ3v) is 3.49. The highest BCUT2D eigenvalue weighted by atomic mass is 127. The van der Waals surface area contributed by atoms with Crippen LogP contribution in [0.3, 0.4) is 0 Å². The number of nitrogens with zero attached hydrogens (tertiary/aromatic N) is 1. The minimum absolute atomic E-state index is 0.0797. The van der Waals surface area contributed by atoms with Crippen molar-refractivity contribution in [2.75, 3.05) is 25.0 Å². The van der Waals surface area contributed by atoms with Crippen molar-refractivity contribution in [3.8, 4) is 0 Å². The van der Waals surface area contributed by atoms with Gasteiger partial charge in [0.15, 0.2) is 0 Å². The lowest BCUT2D eigenvalue weighted by Gasteiger charge is -2.24. The van der Waals surface area contributed by atoms with Crippen LogP contribution in [-0.2, 0) is 14.3 Å². The van der Waals surface area contributed by atoms with Crippen molar-refractivity contribution in [3.63, 3.8) is 0 Å². The Balaban J connectivity index is 2.58. The van der Waals surface area contributed by atoms with E-state index in [1.165, 1.54) is 0 Å². The van der Waals surface area contributed by atoms with E-state index in [1.807, 2.05) is 38.1 Å². The molecule has 0 aliphatic heterocycles. The number of halogens is 1. The summed E-state index contributed by atoms with van der Waals surface area (Å²) in [5.74, 6) is -0.455. The largest absolute Gasteiger partial charge is 0.465 e. The average molecular weight is 404 g/mol. The smallest absolute Gasteiger partial charge is 0.320 e. The van der Waals surface area contributed by atoms with Crippen LogP contribution in [-0.4, -0.2) is 42.5 Å². The van der Waals surface area contributed by atoms with E-state index in [-0.39, 0.29) is 31.0 Å². The molecule has 0 saturated carbocycles. The molecule has 0 saturated heterocycles. The van der Waals surface area contributed by atoms with Gasteiger partial charge in [0.25, 0.3) is 0 Å². The van der Waals surface area contributed by atoms with Crippen LogP contribution in [0, 0.1) is 3.57 Å². The molecule has 0 aliphatic rings. The Kier molecular flexibility index (Phi) is 7.66. The molecular formula is C15H21IN2O3. The van der Waals surface area contributed by atoms with E-state index in [0.717, 1.165) is 9.26 Å². The maximum absolute atomic E-state index is 12.1. The normalized spacial score (nSPS) is 10.8. The monoisotopic (exact) mass is 404 g/mol. The molecule has 1 aromatic carbocycles. The number of carbonyl (C=O) groups is 2. The minimum Gasteiger partial charge on any atom is -0.465 e. The fraction of sp³-hybridized carbons (Fsp3) is 0.467. The molecule has 1 N–H and O–H groups in total. The SMILES string of the molecule is CCOC(=O)CN(CC(=O)Nc1cccc(I)c1)C(C)C. The number of rotatable bonds is 7. The first-order valence-corrected chi connectivity index (χ1v) is 7.95. The second-order valence-electron chi connectivity index (χ2n) is 4.86. The summed E-state index contributed by atoms with van der Waals surface area (Å²) in [7, 11) is 0. The van der Waals surface area contributed by atoms with Crippen molar-refractivity contribution >= 4 is 40.2 Å². The van der Waals surface area contributed by atoms with Gasteiger partial charge in [-0.2, -0.15) is 0 Å². The van der Waals surface area contributed by atoms with Gasteiger partial charge in [0.05, 0.1) is 19.7 Å². The Hall–Kier alpha value is -1.15. The summed E-state index contributed by atoms with van der Waals surface area (Å²) in [6.07, 6.45) is 0. The minimum atomic E-state index is -0.312. The predicted molar refractivity (Wildman–Crippen MR) is 91.1 cm³/mol. The van der Waals surface area contributed by atoms with E-state index in [2.05, 4.69) is 27.9 Å². The molecule has 0 spiro atoms. The van der Waals surface area contributed by atoms with Crippen molar-refractivity contribution in [2.24, 2.45) is 0 Å². The van der Waals surface area contributed by atoms with Crippen LogP contribution in [0.4, 0.5) is 5.69 Å². The molecule has 0 unspecified atom stereocenters. The summed E-state index contributed by atoms with van der Waals surface area (Å²) < 4.78 is 5.98. The zero-order chi connectivity index (χ0) is 15.8. The second-order valence-corrected chi connectivity index (χ2v) is 6.11. The lowest BCUT2D eigenvalue weighted by Crippen LogP contribution is -2.41. The van der Waals surface area contributed by atoms with E-state index in [0.29, 0.717) is 6.61 Å². The summed E-state index contributed by atoms with van der Waals surface area (Å²) in [5, 5.41) is 2.84. The maximum Gasteiger partial charge on any atom is 0.320 e. The Morgan fingerprint density at radius 2 is 2.05 bits per heavy atom. The van der Waals surface area contributed by atoms with Gasteiger partial charge in [0.1, 0.15) is 0 Å². The third kappa shape index (κ3) is 6.90. The molecule has 0 fully saturated rings. The molecule has 21 heavy (non-hydrogen) atoms. The number of benzene rings is 1. The van der Waals surface area contributed by atoms with Gasteiger partial charge >= 0.3 is 5.97 Å². The van der Waals surface area contributed by atoms with Gasteiger partial charge in [0.2, 0.25) is 5.91 Å². The van der Waals surface area contributed by atoms with Crippen molar-refractivity contribution in [1.29, 1.82) is 0 Å². The summed E-state index contributed by atoms with van der Waals surface area (Å²) in [6.45, 7) is 6.27. The topological polar surface area (TPSA) is 58.6 Å². The van der Waals surface area contributed by atoms with Gasteiger partial charge in [0, 0.05) is 15.3 Å². The standard InChI is InChI=1S/C15H21IN2O3/c1-4-21-15(20)10-18(11(2)3)9-14(19)17-13-7-5-6-12(16)8-13/h5-8,11H,4,9-10H2,1-3H3,(H,17,19). The first kappa shape index (κ1) is 17.9. The molecule has 0 heterocycles. The molecule has 0 atom stereocenters. The molecule has 1 aromatic rings. The van der Waals surface area contributed by atoms with Crippen molar-refractivity contribution in [2.45, 2.75) is 26.8 Å². The highest BCUT2D eigenvalue weighted by Crippen LogP contribution is 2.12. The van der Waals surface area contributed by atoms with Crippen molar-refractivity contribution in [1.82, 2.24) is 4.90 Å². The van der Waals surface area contributed by atoms with Crippen LogP contribution >= 0.6 is 22.6 Å². The van der Waals surface area contributed by atoms with Gasteiger partial charge in [-0.15, -0.1) is 0 Å². The zero-order valence-corrected chi connectivity index (χ0v) is 14.7. The van der Waals surface area contributed by atoms with E-state index in [4.69, 9.17) is 4.74 Å². The molecule has 1 rings (SSSR count). The van der Waals surface area contributed by atoms with Crippen molar-refractivity contribution < 1.29 is 14.3 Å². The van der Waals surface area contributed by atoms with Crippen LogP contribution in [0.25, 0.3) is 0 Å². The Labute approximate surface area is 139 Å². The lowest BCUT2D eigenvalue weighted by molar-refractivity contribution is -0.145. The van der Waals surface area contributed by atoms with Crippen LogP contribution in [0.5, 0.6) is 0 Å². The fourth-order valence-electron chi connectivity index (χ4n) is 1.74. The molecule has 1 amide bonds. The van der Waals surface area contributed by atoms with E-state index in [1.54, 1.807) is 11.8 Å². The number of ether oxygens (including phenoxy) is 1. The van der Waals surface area contributed by atoms with Gasteiger partial charge < -0.3 is 10.1 Å². The number of esters is 1. The summed E-state index contributed by atoms with van der Waals surface area (Å²) in [4.78, 5) is 25.4. The molecule has 6 heteroatoms. The van der Waals surface area contributed by atoms with Gasteiger partial charge in [-0.3, -0.25) is 14.5 Å². The number of hydrogen-bond donors (Lipinski definition) is 1. The molecule has 116 valence electrons. The molecule has 0 aromatic heterocycles.